The molecule has 0 aliphatic carbocycles. The Bertz CT molecular complexity index is 1180. The van der Waals surface area contributed by atoms with Crippen LogP contribution < -0.4 is 5.48 Å². The van der Waals surface area contributed by atoms with Crippen molar-refractivity contribution in [2.75, 3.05) is 13.1 Å². The van der Waals surface area contributed by atoms with Gasteiger partial charge < -0.3 is 15.1 Å². The van der Waals surface area contributed by atoms with Gasteiger partial charge in [0.05, 0.1) is 17.4 Å². The van der Waals surface area contributed by atoms with E-state index < -0.39 is 41.4 Å². The zero-order valence-electron chi connectivity index (χ0n) is 23.9. The minimum absolute atomic E-state index is 0.00777. The lowest BCUT2D eigenvalue weighted by molar-refractivity contribution is -0.150. The number of nitrogens with zero attached hydrogens (tertiary/aromatic N) is 2. The van der Waals surface area contributed by atoms with Crippen molar-refractivity contribution in [1.29, 1.82) is 0 Å². The van der Waals surface area contributed by atoms with Crippen molar-refractivity contribution in [3.63, 3.8) is 0 Å². The fourth-order valence-electron chi connectivity index (χ4n) is 6.51. The maximum Gasteiger partial charge on any atom is 0.417 e. The third kappa shape index (κ3) is 7.24. The number of carboxylic acid groups (broad SMARTS) is 2. The number of hydrogen-bond donors (Lipinski definition) is 4. The van der Waals surface area contributed by atoms with Crippen LogP contribution in [0.5, 0.6) is 0 Å². The van der Waals surface area contributed by atoms with Crippen LogP contribution in [0.25, 0.3) is 0 Å². The number of imide groups is 1. The van der Waals surface area contributed by atoms with Crippen molar-refractivity contribution >= 4 is 24.0 Å². The van der Waals surface area contributed by atoms with Crippen LogP contribution in [-0.2, 0) is 16.0 Å². The van der Waals surface area contributed by atoms with E-state index in [-0.39, 0.29) is 18.2 Å². The summed E-state index contributed by atoms with van der Waals surface area (Å²) < 4.78 is 0. The highest BCUT2D eigenvalue weighted by molar-refractivity contribution is 5.92. The van der Waals surface area contributed by atoms with E-state index in [1.165, 1.54) is 0 Å². The SMILES string of the molecule is CCC(c1ccccc1)C(CC(C(=O)NO)C1(CC(C)C)CCN(CCc2ccccc2)C1=O)N(C(=O)O)C(=O)O. The van der Waals surface area contributed by atoms with Crippen molar-refractivity contribution in [2.45, 2.75) is 64.8 Å². The number of likely N-dealkylation sites (tertiary alicyclic amines) is 1. The number of carbonyl (C=O) groups is 4. The van der Waals surface area contributed by atoms with Crippen molar-refractivity contribution in [3.05, 3.63) is 71.8 Å². The first-order valence-electron chi connectivity index (χ1n) is 14.1. The minimum atomic E-state index is -1.67. The van der Waals surface area contributed by atoms with Crippen molar-refractivity contribution in [1.82, 2.24) is 15.3 Å². The third-order valence-corrected chi connectivity index (χ3v) is 8.27. The molecule has 2 aromatic rings. The average molecular weight is 568 g/mol. The molecule has 1 heterocycles. The lowest BCUT2D eigenvalue weighted by Gasteiger charge is -2.41. The predicted molar refractivity (Wildman–Crippen MR) is 152 cm³/mol. The van der Waals surface area contributed by atoms with Crippen LogP contribution in [0.1, 0.15) is 63.5 Å². The number of hydrogen-bond acceptors (Lipinski definition) is 5. The van der Waals surface area contributed by atoms with E-state index in [0.29, 0.717) is 43.7 Å². The summed E-state index contributed by atoms with van der Waals surface area (Å²) in [4.78, 5) is 54.3. The number of rotatable bonds is 13. The Morgan fingerprint density at radius 3 is 2.10 bits per heavy atom. The van der Waals surface area contributed by atoms with Gasteiger partial charge >= 0.3 is 12.2 Å². The highest BCUT2D eigenvalue weighted by atomic mass is 16.5. The molecule has 0 bridgehead atoms. The van der Waals surface area contributed by atoms with Crippen LogP contribution in [0, 0.1) is 17.3 Å². The molecule has 10 heteroatoms. The summed E-state index contributed by atoms with van der Waals surface area (Å²) in [5.41, 5.74) is 2.25. The van der Waals surface area contributed by atoms with E-state index in [1.54, 1.807) is 40.7 Å². The number of amides is 4. The van der Waals surface area contributed by atoms with Gasteiger partial charge in [-0.15, -0.1) is 0 Å². The summed E-state index contributed by atoms with van der Waals surface area (Å²) in [5, 5.41) is 29.8. The van der Waals surface area contributed by atoms with Gasteiger partial charge in [0.15, 0.2) is 0 Å². The van der Waals surface area contributed by atoms with Gasteiger partial charge in [-0.1, -0.05) is 81.4 Å². The van der Waals surface area contributed by atoms with E-state index >= 15 is 0 Å². The van der Waals surface area contributed by atoms with Gasteiger partial charge in [-0.05, 0) is 49.1 Å². The van der Waals surface area contributed by atoms with Gasteiger partial charge in [0, 0.05) is 19.0 Å². The Balaban J connectivity index is 2.06. The van der Waals surface area contributed by atoms with Gasteiger partial charge in [-0.2, -0.15) is 0 Å². The molecule has 4 atom stereocenters. The molecule has 41 heavy (non-hydrogen) atoms. The predicted octanol–water partition coefficient (Wildman–Crippen LogP) is 5.23. The summed E-state index contributed by atoms with van der Waals surface area (Å²) in [7, 11) is 0. The highest BCUT2D eigenvalue weighted by Gasteiger charge is 2.56. The number of hydroxylamine groups is 1. The van der Waals surface area contributed by atoms with Crippen molar-refractivity contribution < 1.29 is 34.6 Å². The largest absolute Gasteiger partial charge is 0.465 e. The second-order valence-electron chi connectivity index (χ2n) is 11.2. The normalized spacial score (nSPS) is 19.0. The highest BCUT2D eigenvalue weighted by Crippen LogP contribution is 2.48. The zero-order chi connectivity index (χ0) is 30.2. The first-order valence-corrected chi connectivity index (χ1v) is 14.1. The molecule has 1 aliphatic rings. The minimum Gasteiger partial charge on any atom is -0.465 e. The standard InChI is InChI=1S/C31H41N3O7/c1-4-24(23-13-9-6-10-14-23)26(34(29(37)38)30(39)40)19-25(27(35)32-41)31(20-21(2)3)16-18-33(28(31)36)17-15-22-11-7-5-8-12-22/h5-14,21,24-26,41H,4,15-20H2,1-3H3,(H,32,35)(H,37,38)(H,39,40). The Kier molecular flexibility index (Phi) is 10.9. The smallest absolute Gasteiger partial charge is 0.417 e. The molecule has 0 radical (unpaired) electrons. The van der Waals surface area contributed by atoms with Crippen LogP contribution in [0.3, 0.4) is 0 Å². The summed E-state index contributed by atoms with van der Waals surface area (Å²) in [6.45, 7) is 6.54. The summed E-state index contributed by atoms with van der Waals surface area (Å²) >= 11 is 0. The fourth-order valence-corrected chi connectivity index (χ4v) is 6.51. The molecule has 2 aromatic carbocycles. The van der Waals surface area contributed by atoms with Crippen molar-refractivity contribution in [3.8, 4) is 0 Å². The van der Waals surface area contributed by atoms with E-state index in [9.17, 15) is 34.6 Å². The Labute approximate surface area is 240 Å². The molecule has 0 aromatic heterocycles. The average Bonchev–Trinajstić information content (AvgIpc) is 3.25. The summed E-state index contributed by atoms with van der Waals surface area (Å²) in [6, 6.07) is 17.5. The molecule has 0 spiro atoms. The maximum atomic E-state index is 14.2. The second kappa shape index (κ2) is 14.1. The zero-order valence-corrected chi connectivity index (χ0v) is 23.9. The molecule has 1 saturated heterocycles. The lowest BCUT2D eigenvalue weighted by Crippen LogP contribution is -2.53. The van der Waals surface area contributed by atoms with Crippen LogP contribution in [0.4, 0.5) is 9.59 Å². The Morgan fingerprint density at radius 2 is 1.59 bits per heavy atom. The van der Waals surface area contributed by atoms with E-state index in [2.05, 4.69) is 0 Å². The number of benzene rings is 2. The molecule has 0 saturated carbocycles. The van der Waals surface area contributed by atoms with E-state index in [0.717, 1.165) is 11.1 Å². The topological polar surface area (TPSA) is 147 Å². The molecule has 4 unspecified atom stereocenters. The summed E-state index contributed by atoms with van der Waals surface area (Å²) in [6.07, 6.45) is -1.94. The third-order valence-electron chi connectivity index (χ3n) is 8.27. The Hall–Kier alpha value is -3.92. The molecule has 3 rings (SSSR count). The van der Waals surface area contributed by atoms with Crippen molar-refractivity contribution in [2.24, 2.45) is 17.3 Å². The quantitative estimate of drug-likeness (QED) is 0.191. The van der Waals surface area contributed by atoms with Crippen LogP contribution in [0.15, 0.2) is 60.7 Å². The summed E-state index contributed by atoms with van der Waals surface area (Å²) in [5.74, 6) is -2.83. The molecule has 10 nitrogen and oxygen atoms in total. The first-order chi connectivity index (χ1) is 19.5. The Morgan fingerprint density at radius 1 is 1.00 bits per heavy atom. The van der Waals surface area contributed by atoms with Gasteiger partial charge in [-0.25, -0.2) is 20.0 Å². The van der Waals surface area contributed by atoms with E-state index in [1.807, 2.05) is 51.1 Å². The molecule has 222 valence electrons. The molecular weight excluding hydrogens is 526 g/mol. The van der Waals surface area contributed by atoms with Gasteiger partial charge in [0.1, 0.15) is 0 Å². The number of carbonyl (C=O) groups excluding carboxylic acids is 2. The van der Waals surface area contributed by atoms with Gasteiger partial charge in [0.25, 0.3) is 0 Å². The van der Waals surface area contributed by atoms with Crippen LogP contribution in [0.2, 0.25) is 0 Å². The first kappa shape index (κ1) is 31.6. The van der Waals surface area contributed by atoms with Gasteiger partial charge in [-0.3, -0.25) is 14.8 Å². The van der Waals surface area contributed by atoms with E-state index in [4.69, 9.17) is 0 Å². The van der Waals surface area contributed by atoms with Crippen LogP contribution in [-0.4, -0.2) is 68.4 Å². The molecule has 4 N–H and O–H groups in total. The molecule has 1 fully saturated rings. The number of nitrogens with one attached hydrogen (secondary N) is 1. The molecular formula is C31H41N3O7. The molecule has 1 aliphatic heterocycles. The maximum absolute atomic E-state index is 14.2. The lowest BCUT2D eigenvalue weighted by atomic mass is 9.65. The van der Waals surface area contributed by atoms with Crippen LogP contribution >= 0.6 is 0 Å². The van der Waals surface area contributed by atoms with Gasteiger partial charge in [0.2, 0.25) is 11.8 Å². The second-order valence-corrected chi connectivity index (χ2v) is 11.2. The molecule has 4 amide bonds. The fraction of sp³-hybridized carbons (Fsp3) is 0.484. The monoisotopic (exact) mass is 567 g/mol.